The first-order valence-corrected chi connectivity index (χ1v) is 5.89. The Morgan fingerprint density at radius 1 is 1.36 bits per heavy atom. The molecule has 1 aliphatic heterocycles. The van der Waals surface area contributed by atoms with Crippen molar-refractivity contribution in [2.24, 2.45) is 0 Å². The molecule has 0 amide bonds. The van der Waals surface area contributed by atoms with Crippen LogP contribution in [0.15, 0.2) is 24.3 Å². The molecule has 0 spiro atoms. The molecule has 0 bridgehead atoms. The predicted molar refractivity (Wildman–Crippen MR) is 61.9 cm³/mol. The summed E-state index contributed by atoms with van der Waals surface area (Å²) in [5.74, 6) is 0. The standard InChI is InChI=1S/C12H13NS/c1-8-9-4-2-3-5-11(9)14-12(8)10-6-7-13-10/h2-5,10,13H,6-7H2,1H3/t10-/m0/s1. The number of hydrogen-bond donors (Lipinski definition) is 1. The molecule has 1 N–H and O–H groups in total. The summed E-state index contributed by atoms with van der Waals surface area (Å²) in [4.78, 5) is 1.54. The van der Waals surface area contributed by atoms with E-state index in [1.54, 1.807) is 0 Å². The summed E-state index contributed by atoms with van der Waals surface area (Å²) in [5, 5.41) is 4.91. The first kappa shape index (κ1) is 8.45. The fourth-order valence-electron chi connectivity index (χ4n) is 2.04. The Kier molecular flexibility index (Phi) is 1.85. The normalized spacial score (nSPS) is 21.1. The Morgan fingerprint density at radius 3 is 2.79 bits per heavy atom. The lowest BCUT2D eigenvalue weighted by molar-refractivity contribution is 0.388. The van der Waals surface area contributed by atoms with Crippen molar-refractivity contribution in [3.8, 4) is 0 Å². The molecule has 0 radical (unpaired) electrons. The number of thiophene rings is 1. The average Bonchev–Trinajstić information content (AvgIpc) is 2.43. The van der Waals surface area contributed by atoms with E-state index in [4.69, 9.17) is 0 Å². The van der Waals surface area contributed by atoms with Crippen LogP contribution in [0, 0.1) is 6.92 Å². The molecule has 14 heavy (non-hydrogen) atoms. The van der Waals surface area contributed by atoms with Crippen molar-refractivity contribution in [2.75, 3.05) is 6.54 Å². The van der Waals surface area contributed by atoms with E-state index in [1.165, 1.54) is 33.5 Å². The second kappa shape index (κ2) is 3.07. The van der Waals surface area contributed by atoms with Crippen LogP contribution in [0.4, 0.5) is 0 Å². The van der Waals surface area contributed by atoms with Crippen molar-refractivity contribution in [1.82, 2.24) is 5.32 Å². The van der Waals surface area contributed by atoms with Crippen LogP contribution < -0.4 is 5.32 Å². The fraction of sp³-hybridized carbons (Fsp3) is 0.333. The lowest BCUT2D eigenvalue weighted by atomic mass is 10.0. The highest BCUT2D eigenvalue weighted by atomic mass is 32.1. The zero-order valence-corrected chi connectivity index (χ0v) is 9.03. The van der Waals surface area contributed by atoms with Gasteiger partial charge in [0.15, 0.2) is 0 Å². The number of nitrogens with one attached hydrogen (secondary N) is 1. The van der Waals surface area contributed by atoms with Crippen molar-refractivity contribution < 1.29 is 0 Å². The lowest BCUT2D eigenvalue weighted by Crippen LogP contribution is -2.34. The van der Waals surface area contributed by atoms with E-state index in [9.17, 15) is 0 Å². The number of hydrogen-bond acceptors (Lipinski definition) is 2. The minimum Gasteiger partial charge on any atom is -0.309 e. The van der Waals surface area contributed by atoms with Crippen molar-refractivity contribution in [1.29, 1.82) is 0 Å². The Hall–Kier alpha value is -0.860. The van der Waals surface area contributed by atoms with Crippen molar-refractivity contribution >= 4 is 21.4 Å². The topological polar surface area (TPSA) is 12.0 Å². The second-order valence-corrected chi connectivity index (χ2v) is 4.97. The molecule has 72 valence electrons. The first-order chi connectivity index (χ1) is 6.86. The fourth-order valence-corrected chi connectivity index (χ4v) is 3.36. The van der Waals surface area contributed by atoms with E-state index in [2.05, 4.69) is 36.5 Å². The smallest absolute Gasteiger partial charge is 0.0430 e. The Morgan fingerprint density at radius 2 is 2.14 bits per heavy atom. The van der Waals surface area contributed by atoms with Gasteiger partial charge in [-0.15, -0.1) is 11.3 Å². The number of rotatable bonds is 1. The highest BCUT2D eigenvalue weighted by Crippen LogP contribution is 2.37. The van der Waals surface area contributed by atoms with Gasteiger partial charge in [0, 0.05) is 15.6 Å². The van der Waals surface area contributed by atoms with Gasteiger partial charge in [0.05, 0.1) is 0 Å². The molecule has 1 aromatic carbocycles. The molecular weight excluding hydrogens is 190 g/mol. The highest BCUT2D eigenvalue weighted by Gasteiger charge is 2.22. The first-order valence-electron chi connectivity index (χ1n) is 5.07. The van der Waals surface area contributed by atoms with Crippen molar-refractivity contribution in [3.05, 3.63) is 34.7 Å². The average molecular weight is 203 g/mol. The second-order valence-electron chi connectivity index (χ2n) is 3.88. The minimum atomic E-state index is 0.632. The molecule has 2 aromatic rings. The zero-order chi connectivity index (χ0) is 9.54. The number of benzene rings is 1. The number of fused-ring (bicyclic) bond motifs is 1. The zero-order valence-electron chi connectivity index (χ0n) is 8.21. The molecule has 0 aliphatic carbocycles. The van der Waals surface area contributed by atoms with E-state index < -0.39 is 0 Å². The Bertz CT molecular complexity index is 468. The third kappa shape index (κ3) is 1.11. The summed E-state index contributed by atoms with van der Waals surface area (Å²) >= 11 is 1.95. The van der Waals surface area contributed by atoms with Crippen LogP contribution in [0.2, 0.25) is 0 Å². The molecule has 1 nitrogen and oxygen atoms in total. The van der Waals surface area contributed by atoms with Crippen LogP contribution >= 0.6 is 11.3 Å². The third-order valence-electron chi connectivity index (χ3n) is 3.02. The molecule has 1 aliphatic rings. The maximum atomic E-state index is 3.47. The van der Waals surface area contributed by atoms with Crippen LogP contribution in [-0.2, 0) is 0 Å². The number of aryl methyl sites for hydroxylation is 1. The van der Waals surface area contributed by atoms with Crippen LogP contribution in [0.25, 0.3) is 10.1 Å². The maximum Gasteiger partial charge on any atom is 0.0430 e. The van der Waals surface area contributed by atoms with Gasteiger partial charge in [0.25, 0.3) is 0 Å². The minimum absolute atomic E-state index is 0.632. The monoisotopic (exact) mass is 203 g/mol. The lowest BCUT2D eigenvalue weighted by Gasteiger charge is -2.27. The molecule has 0 unspecified atom stereocenters. The van der Waals surface area contributed by atoms with Gasteiger partial charge in [0.2, 0.25) is 0 Å². The third-order valence-corrected chi connectivity index (χ3v) is 4.41. The Labute approximate surface area is 87.8 Å². The molecule has 1 saturated heterocycles. The molecule has 2 heteroatoms. The summed E-state index contributed by atoms with van der Waals surface area (Å²) in [5.41, 5.74) is 1.47. The van der Waals surface area contributed by atoms with E-state index >= 15 is 0 Å². The molecule has 3 rings (SSSR count). The van der Waals surface area contributed by atoms with E-state index in [0.717, 1.165) is 0 Å². The maximum absolute atomic E-state index is 3.47. The van der Waals surface area contributed by atoms with Gasteiger partial charge in [-0.25, -0.2) is 0 Å². The van der Waals surface area contributed by atoms with Gasteiger partial charge in [0.1, 0.15) is 0 Å². The largest absolute Gasteiger partial charge is 0.309 e. The molecule has 0 saturated carbocycles. The van der Waals surface area contributed by atoms with E-state index in [0.29, 0.717) is 6.04 Å². The quantitative estimate of drug-likeness (QED) is 0.750. The van der Waals surface area contributed by atoms with Gasteiger partial charge in [-0.2, -0.15) is 0 Å². The summed E-state index contributed by atoms with van der Waals surface area (Å²) < 4.78 is 1.42. The van der Waals surface area contributed by atoms with Gasteiger partial charge < -0.3 is 5.32 Å². The SMILES string of the molecule is Cc1c([C@@H]2CCN2)sc2ccccc12. The van der Waals surface area contributed by atoms with E-state index in [1.807, 2.05) is 11.3 Å². The predicted octanol–water partition coefficient (Wildman–Crippen LogP) is 3.24. The van der Waals surface area contributed by atoms with E-state index in [-0.39, 0.29) is 0 Å². The van der Waals surface area contributed by atoms with Gasteiger partial charge in [-0.3, -0.25) is 0 Å². The van der Waals surface area contributed by atoms with Gasteiger partial charge in [-0.1, -0.05) is 18.2 Å². The molecule has 1 aromatic heterocycles. The summed E-state index contributed by atoms with van der Waals surface area (Å²) in [6.45, 7) is 3.42. The summed E-state index contributed by atoms with van der Waals surface area (Å²) in [6, 6.07) is 9.32. The summed E-state index contributed by atoms with van der Waals surface area (Å²) in [7, 11) is 0. The molecule has 1 atom stereocenters. The van der Waals surface area contributed by atoms with Crippen molar-refractivity contribution in [2.45, 2.75) is 19.4 Å². The molecular formula is C12H13NS. The summed E-state index contributed by atoms with van der Waals surface area (Å²) in [6.07, 6.45) is 1.30. The van der Waals surface area contributed by atoms with Crippen LogP contribution in [-0.4, -0.2) is 6.54 Å². The highest BCUT2D eigenvalue weighted by molar-refractivity contribution is 7.19. The molecule has 2 heterocycles. The van der Waals surface area contributed by atoms with Crippen LogP contribution in [0.1, 0.15) is 22.9 Å². The Balaban J connectivity index is 2.19. The van der Waals surface area contributed by atoms with Crippen LogP contribution in [0.3, 0.4) is 0 Å². The van der Waals surface area contributed by atoms with Gasteiger partial charge >= 0.3 is 0 Å². The van der Waals surface area contributed by atoms with Crippen molar-refractivity contribution in [3.63, 3.8) is 0 Å². The molecule has 1 fully saturated rings. The van der Waals surface area contributed by atoms with Gasteiger partial charge in [-0.05, 0) is 36.9 Å². The van der Waals surface area contributed by atoms with Crippen LogP contribution in [0.5, 0.6) is 0 Å².